The van der Waals surface area contributed by atoms with Crippen molar-refractivity contribution < 1.29 is 9.64 Å². The van der Waals surface area contributed by atoms with Gasteiger partial charge in [-0.3, -0.25) is 0 Å². The van der Waals surface area contributed by atoms with E-state index in [1.165, 1.54) is 35.1 Å². The fourth-order valence-electron chi connectivity index (χ4n) is 3.70. The lowest BCUT2D eigenvalue weighted by Crippen LogP contribution is -3.13. The lowest BCUT2D eigenvalue weighted by molar-refractivity contribution is -0.914. The van der Waals surface area contributed by atoms with Crippen molar-refractivity contribution in [2.75, 3.05) is 38.2 Å². The number of quaternary nitrogens is 1. The average molecular weight is 333 g/mol. The van der Waals surface area contributed by atoms with Gasteiger partial charge in [-0.25, -0.2) is 0 Å². The Balaban J connectivity index is 1.39. The first-order valence-electron chi connectivity index (χ1n) is 9.02. The number of nitrogens with zero attached hydrogens (tertiary/aromatic N) is 1. The zero-order valence-corrected chi connectivity index (χ0v) is 14.7. The fourth-order valence-corrected chi connectivity index (χ4v) is 3.70. The quantitative estimate of drug-likeness (QED) is 0.791. The van der Waals surface area contributed by atoms with Gasteiger partial charge in [0, 0.05) is 17.3 Å². The summed E-state index contributed by atoms with van der Waals surface area (Å²) in [5, 5.41) is 2.67. The number of hydrogen-bond acceptors (Lipinski definition) is 2. The maximum atomic E-state index is 5.35. The van der Waals surface area contributed by atoms with E-state index in [0.717, 1.165) is 25.4 Å². The minimum absolute atomic E-state index is 0.934. The third kappa shape index (κ3) is 3.62. The van der Waals surface area contributed by atoms with E-state index in [1.807, 2.05) is 6.07 Å². The van der Waals surface area contributed by atoms with E-state index in [9.17, 15) is 0 Å². The van der Waals surface area contributed by atoms with Gasteiger partial charge in [-0.1, -0.05) is 42.5 Å². The second-order valence-electron chi connectivity index (χ2n) is 6.80. The number of rotatable bonds is 4. The highest BCUT2D eigenvalue weighted by atomic mass is 16.5. The summed E-state index contributed by atoms with van der Waals surface area (Å²) in [4.78, 5) is 4.13. The van der Waals surface area contributed by atoms with Gasteiger partial charge in [0.15, 0.2) is 0 Å². The van der Waals surface area contributed by atoms with Gasteiger partial charge in [-0.15, -0.1) is 0 Å². The van der Waals surface area contributed by atoms with E-state index in [1.54, 1.807) is 12.0 Å². The molecule has 3 nitrogen and oxygen atoms in total. The van der Waals surface area contributed by atoms with Gasteiger partial charge in [-0.05, 0) is 29.0 Å². The normalized spacial score (nSPS) is 15.5. The highest BCUT2D eigenvalue weighted by Gasteiger charge is 2.20. The number of methoxy groups -OCH3 is 1. The summed E-state index contributed by atoms with van der Waals surface area (Å²) in [6.07, 6.45) is 0. The average Bonchev–Trinajstić information content (AvgIpc) is 2.68. The molecule has 25 heavy (non-hydrogen) atoms. The monoisotopic (exact) mass is 333 g/mol. The molecule has 0 spiro atoms. The maximum Gasteiger partial charge on any atom is 0.120 e. The second kappa shape index (κ2) is 7.16. The van der Waals surface area contributed by atoms with Crippen LogP contribution in [0.1, 0.15) is 5.56 Å². The minimum atomic E-state index is 0.934. The second-order valence-corrected chi connectivity index (χ2v) is 6.80. The van der Waals surface area contributed by atoms with Crippen molar-refractivity contribution in [3.63, 3.8) is 0 Å². The molecule has 0 atom stereocenters. The van der Waals surface area contributed by atoms with Gasteiger partial charge in [0.2, 0.25) is 0 Å². The van der Waals surface area contributed by atoms with Crippen LogP contribution in [0.15, 0.2) is 66.7 Å². The molecule has 0 aromatic heterocycles. The van der Waals surface area contributed by atoms with Crippen molar-refractivity contribution in [1.29, 1.82) is 0 Å². The van der Waals surface area contributed by atoms with E-state index in [2.05, 4.69) is 65.6 Å². The van der Waals surface area contributed by atoms with E-state index < -0.39 is 0 Å². The molecule has 1 saturated heterocycles. The Morgan fingerprint density at radius 2 is 1.68 bits per heavy atom. The van der Waals surface area contributed by atoms with Gasteiger partial charge in [0.1, 0.15) is 12.3 Å². The first kappa shape index (κ1) is 16.0. The highest BCUT2D eigenvalue weighted by Crippen LogP contribution is 2.21. The summed E-state index contributed by atoms with van der Waals surface area (Å²) < 4.78 is 5.35. The minimum Gasteiger partial charge on any atom is -0.497 e. The topological polar surface area (TPSA) is 16.9 Å². The molecule has 128 valence electrons. The number of hydrogen-bond donors (Lipinski definition) is 1. The Labute approximate surface area is 149 Å². The van der Waals surface area contributed by atoms with Crippen LogP contribution in [-0.2, 0) is 6.54 Å². The molecule has 0 radical (unpaired) electrons. The number of piperazine rings is 1. The number of fused-ring (bicyclic) bond motifs is 1. The summed E-state index contributed by atoms with van der Waals surface area (Å²) in [5.74, 6) is 0.934. The van der Waals surface area contributed by atoms with Gasteiger partial charge in [-0.2, -0.15) is 0 Å². The van der Waals surface area contributed by atoms with Crippen LogP contribution in [0.25, 0.3) is 10.8 Å². The van der Waals surface area contributed by atoms with Gasteiger partial charge in [0.05, 0.1) is 33.3 Å². The van der Waals surface area contributed by atoms with Crippen molar-refractivity contribution in [3.05, 3.63) is 72.3 Å². The summed E-state index contributed by atoms with van der Waals surface area (Å²) in [7, 11) is 1.73. The highest BCUT2D eigenvalue weighted by molar-refractivity contribution is 5.82. The SMILES string of the molecule is COc1cccc(N2CC[NH+](Cc3ccc4ccccc4c3)CC2)c1. The predicted octanol–water partition coefficient (Wildman–Crippen LogP) is 2.75. The van der Waals surface area contributed by atoms with Crippen molar-refractivity contribution in [2.45, 2.75) is 6.54 Å². The molecule has 0 amide bonds. The molecule has 1 aliphatic rings. The molecule has 3 aromatic rings. The number of ether oxygens (including phenoxy) is 1. The molecule has 0 saturated carbocycles. The standard InChI is InChI=1S/C22H24N2O/c1-25-22-8-4-7-21(16-22)24-13-11-23(12-14-24)17-18-9-10-19-5-2-3-6-20(19)15-18/h2-10,15-16H,11-14,17H2,1H3/p+1. The molecule has 3 aromatic carbocycles. The molecule has 1 aliphatic heterocycles. The lowest BCUT2D eigenvalue weighted by Gasteiger charge is -2.33. The smallest absolute Gasteiger partial charge is 0.120 e. The Bertz CT molecular complexity index is 853. The zero-order valence-electron chi connectivity index (χ0n) is 14.7. The van der Waals surface area contributed by atoms with Crippen LogP contribution in [-0.4, -0.2) is 33.3 Å². The van der Waals surface area contributed by atoms with Crippen LogP contribution in [0, 0.1) is 0 Å². The molecule has 0 aliphatic carbocycles. The summed E-state index contributed by atoms with van der Waals surface area (Å²) in [5.41, 5.74) is 2.70. The molecule has 0 unspecified atom stereocenters. The van der Waals surface area contributed by atoms with Crippen LogP contribution >= 0.6 is 0 Å². The van der Waals surface area contributed by atoms with Crippen LogP contribution in [0.4, 0.5) is 5.69 Å². The molecule has 0 bridgehead atoms. The summed E-state index contributed by atoms with van der Waals surface area (Å²) in [6, 6.07) is 23.9. The van der Waals surface area contributed by atoms with Crippen LogP contribution < -0.4 is 14.5 Å². The summed E-state index contributed by atoms with van der Waals surface area (Å²) >= 11 is 0. The van der Waals surface area contributed by atoms with Crippen molar-refractivity contribution >= 4 is 16.5 Å². The molecule has 1 N–H and O–H groups in total. The van der Waals surface area contributed by atoms with E-state index in [0.29, 0.717) is 0 Å². The van der Waals surface area contributed by atoms with Gasteiger partial charge < -0.3 is 14.5 Å². The molecule has 1 fully saturated rings. The van der Waals surface area contributed by atoms with E-state index in [4.69, 9.17) is 4.74 Å². The van der Waals surface area contributed by atoms with Crippen LogP contribution in [0.5, 0.6) is 5.75 Å². The Morgan fingerprint density at radius 1 is 0.880 bits per heavy atom. The molecule has 4 rings (SSSR count). The number of nitrogens with one attached hydrogen (secondary N) is 1. The Morgan fingerprint density at radius 3 is 2.48 bits per heavy atom. The van der Waals surface area contributed by atoms with Crippen molar-refractivity contribution in [3.8, 4) is 5.75 Å². The van der Waals surface area contributed by atoms with E-state index in [-0.39, 0.29) is 0 Å². The molecule has 3 heteroatoms. The molecular weight excluding hydrogens is 308 g/mol. The van der Waals surface area contributed by atoms with Crippen molar-refractivity contribution in [1.82, 2.24) is 0 Å². The third-order valence-electron chi connectivity index (χ3n) is 5.16. The van der Waals surface area contributed by atoms with Gasteiger partial charge >= 0.3 is 0 Å². The summed E-state index contributed by atoms with van der Waals surface area (Å²) in [6.45, 7) is 5.64. The Hall–Kier alpha value is -2.52. The van der Waals surface area contributed by atoms with Crippen LogP contribution in [0.2, 0.25) is 0 Å². The number of anilines is 1. The largest absolute Gasteiger partial charge is 0.497 e. The zero-order chi connectivity index (χ0) is 17.1. The predicted molar refractivity (Wildman–Crippen MR) is 104 cm³/mol. The van der Waals surface area contributed by atoms with Gasteiger partial charge in [0.25, 0.3) is 0 Å². The molecule has 1 heterocycles. The fraction of sp³-hybridized carbons (Fsp3) is 0.273. The van der Waals surface area contributed by atoms with Crippen LogP contribution in [0.3, 0.4) is 0 Å². The maximum absolute atomic E-state index is 5.35. The lowest BCUT2D eigenvalue weighted by atomic mass is 10.1. The number of benzene rings is 3. The van der Waals surface area contributed by atoms with E-state index >= 15 is 0 Å². The van der Waals surface area contributed by atoms with Crippen molar-refractivity contribution in [2.24, 2.45) is 0 Å². The first-order valence-corrected chi connectivity index (χ1v) is 9.02. The first-order chi connectivity index (χ1) is 12.3. The molecular formula is C22H25N2O+. The third-order valence-corrected chi connectivity index (χ3v) is 5.16. The Kier molecular flexibility index (Phi) is 4.57.